The predicted octanol–water partition coefficient (Wildman–Crippen LogP) is 5.23. The largest absolute Gasteiger partial charge is 0.292 e. The summed E-state index contributed by atoms with van der Waals surface area (Å²) in [6, 6.07) is 14.1. The van der Waals surface area contributed by atoms with Crippen LogP contribution in [0.2, 0.25) is 0 Å². The van der Waals surface area contributed by atoms with E-state index in [9.17, 15) is 4.79 Å². The molecule has 0 amide bonds. The number of benzene rings is 1. The van der Waals surface area contributed by atoms with Crippen LogP contribution in [0, 0.1) is 0 Å². The number of carbonyl (C=O) groups is 1. The third kappa shape index (κ3) is 4.71. The van der Waals surface area contributed by atoms with Crippen molar-refractivity contribution in [1.29, 1.82) is 0 Å². The fraction of sp³-hybridized carbons (Fsp3) is 0.267. The summed E-state index contributed by atoms with van der Waals surface area (Å²) in [7, 11) is 0. The zero-order chi connectivity index (χ0) is 13.5. The molecule has 0 saturated heterocycles. The highest BCUT2D eigenvalue weighted by molar-refractivity contribution is 8.01. The van der Waals surface area contributed by atoms with Crippen LogP contribution in [0.4, 0.5) is 0 Å². The zero-order valence-electron chi connectivity index (χ0n) is 10.8. The van der Waals surface area contributed by atoms with Crippen molar-refractivity contribution in [3.8, 4) is 0 Å². The van der Waals surface area contributed by atoms with Crippen LogP contribution in [0.25, 0.3) is 0 Å². The predicted molar refractivity (Wildman–Crippen MR) is 86.8 cm³/mol. The summed E-state index contributed by atoms with van der Waals surface area (Å²) in [4.78, 5) is 14.1. The molecule has 0 aliphatic heterocycles. The van der Waals surface area contributed by atoms with Crippen molar-refractivity contribution in [1.82, 2.24) is 0 Å². The molecule has 1 heterocycles. The molecular weight excluding hydrogens is 292 g/mol. The Hall–Kier alpha value is -0.710. The number of hydrogen-bond donors (Lipinski definition) is 0. The van der Waals surface area contributed by atoms with Crippen LogP contribution < -0.4 is 0 Å². The number of thiophene rings is 1. The first-order chi connectivity index (χ1) is 9.29. The van der Waals surface area contributed by atoms with Crippen molar-refractivity contribution in [3.63, 3.8) is 0 Å². The molecule has 0 N–H and O–H groups in total. The zero-order valence-corrected chi connectivity index (χ0v) is 13.2. The standard InChI is InChI=1S/C15H16OS3/c1-2-10-17-15-9-8-14(19-15)13(16)11-18-12-6-4-3-5-7-12/h3-9H,2,10-11H2,1H3. The topological polar surface area (TPSA) is 17.1 Å². The highest BCUT2D eigenvalue weighted by atomic mass is 32.2. The van der Waals surface area contributed by atoms with Crippen LogP contribution in [-0.2, 0) is 0 Å². The van der Waals surface area contributed by atoms with Gasteiger partial charge in [-0.25, -0.2) is 0 Å². The molecule has 0 radical (unpaired) electrons. The quantitative estimate of drug-likeness (QED) is 0.515. The van der Waals surface area contributed by atoms with Gasteiger partial charge in [0.2, 0.25) is 0 Å². The molecule has 1 aromatic heterocycles. The molecule has 0 unspecified atom stereocenters. The van der Waals surface area contributed by atoms with Gasteiger partial charge in [-0.15, -0.1) is 34.9 Å². The molecule has 19 heavy (non-hydrogen) atoms. The van der Waals surface area contributed by atoms with Crippen molar-refractivity contribution < 1.29 is 4.79 Å². The summed E-state index contributed by atoms with van der Waals surface area (Å²) in [6.07, 6.45) is 1.16. The first kappa shape index (κ1) is 14.7. The number of hydrogen-bond acceptors (Lipinski definition) is 4. The van der Waals surface area contributed by atoms with E-state index in [0.717, 1.165) is 21.9 Å². The van der Waals surface area contributed by atoms with E-state index in [2.05, 4.69) is 13.0 Å². The molecule has 2 rings (SSSR count). The Morgan fingerprint density at radius 1 is 1.11 bits per heavy atom. The molecule has 0 aliphatic carbocycles. The van der Waals surface area contributed by atoms with Gasteiger partial charge in [0, 0.05) is 4.90 Å². The first-order valence-corrected chi connectivity index (χ1v) is 9.02. The van der Waals surface area contributed by atoms with Crippen LogP contribution >= 0.6 is 34.9 Å². The Balaban J connectivity index is 1.87. The first-order valence-electron chi connectivity index (χ1n) is 6.23. The third-order valence-corrected chi connectivity index (χ3v) is 5.99. The monoisotopic (exact) mass is 308 g/mol. The van der Waals surface area contributed by atoms with E-state index in [1.807, 2.05) is 48.2 Å². The van der Waals surface area contributed by atoms with Gasteiger partial charge >= 0.3 is 0 Å². The number of thioether (sulfide) groups is 2. The molecule has 0 atom stereocenters. The van der Waals surface area contributed by atoms with Gasteiger partial charge in [0.25, 0.3) is 0 Å². The van der Waals surface area contributed by atoms with Gasteiger partial charge in [-0.1, -0.05) is 25.1 Å². The minimum atomic E-state index is 0.224. The Labute approximate surface area is 126 Å². The number of rotatable bonds is 7. The van der Waals surface area contributed by atoms with E-state index in [0.29, 0.717) is 5.75 Å². The van der Waals surface area contributed by atoms with E-state index in [4.69, 9.17) is 0 Å². The van der Waals surface area contributed by atoms with E-state index >= 15 is 0 Å². The van der Waals surface area contributed by atoms with Crippen molar-refractivity contribution in [2.75, 3.05) is 11.5 Å². The SMILES string of the molecule is CCCSc1ccc(C(=O)CSc2ccccc2)s1. The Bertz CT molecular complexity index is 519. The Morgan fingerprint density at radius 2 is 1.89 bits per heavy atom. The third-order valence-electron chi connectivity index (χ3n) is 2.42. The normalized spacial score (nSPS) is 10.6. The second-order valence-electron chi connectivity index (χ2n) is 3.99. The minimum absolute atomic E-state index is 0.224. The van der Waals surface area contributed by atoms with Gasteiger partial charge in [0.05, 0.1) is 14.8 Å². The van der Waals surface area contributed by atoms with E-state index in [1.165, 1.54) is 4.21 Å². The lowest BCUT2D eigenvalue weighted by Crippen LogP contribution is -1.98. The van der Waals surface area contributed by atoms with Crippen molar-refractivity contribution in [2.45, 2.75) is 22.4 Å². The fourth-order valence-corrected chi connectivity index (χ4v) is 4.38. The maximum atomic E-state index is 12.1. The molecule has 0 bridgehead atoms. The van der Waals surface area contributed by atoms with Crippen LogP contribution in [0.15, 0.2) is 51.6 Å². The molecule has 0 spiro atoms. The fourth-order valence-electron chi connectivity index (χ4n) is 1.49. The van der Waals surface area contributed by atoms with E-state index < -0.39 is 0 Å². The van der Waals surface area contributed by atoms with Gasteiger partial charge in [-0.05, 0) is 36.4 Å². The molecular formula is C15H16OS3. The molecule has 1 aromatic carbocycles. The van der Waals surface area contributed by atoms with Gasteiger partial charge in [-0.2, -0.15) is 0 Å². The number of ketones is 1. The van der Waals surface area contributed by atoms with E-state index in [-0.39, 0.29) is 5.78 Å². The van der Waals surface area contributed by atoms with Gasteiger partial charge in [0.1, 0.15) is 0 Å². The van der Waals surface area contributed by atoms with Crippen LogP contribution in [0.3, 0.4) is 0 Å². The average molecular weight is 308 g/mol. The van der Waals surface area contributed by atoms with Crippen molar-refractivity contribution in [3.05, 3.63) is 47.3 Å². The highest BCUT2D eigenvalue weighted by Gasteiger charge is 2.10. The number of carbonyl (C=O) groups excluding carboxylic acids is 1. The lowest BCUT2D eigenvalue weighted by molar-refractivity contribution is 0.102. The van der Waals surface area contributed by atoms with Gasteiger partial charge < -0.3 is 0 Å². The van der Waals surface area contributed by atoms with Gasteiger partial charge in [0.15, 0.2) is 5.78 Å². The van der Waals surface area contributed by atoms with E-state index in [1.54, 1.807) is 23.1 Å². The second-order valence-corrected chi connectivity index (χ2v) is 7.52. The van der Waals surface area contributed by atoms with Crippen LogP contribution in [0.5, 0.6) is 0 Å². The van der Waals surface area contributed by atoms with Crippen molar-refractivity contribution >= 4 is 40.6 Å². The minimum Gasteiger partial charge on any atom is -0.292 e. The maximum Gasteiger partial charge on any atom is 0.183 e. The molecule has 4 heteroatoms. The smallest absolute Gasteiger partial charge is 0.183 e. The maximum absolute atomic E-state index is 12.1. The summed E-state index contributed by atoms with van der Waals surface area (Å²) < 4.78 is 1.25. The Morgan fingerprint density at radius 3 is 2.63 bits per heavy atom. The lowest BCUT2D eigenvalue weighted by atomic mass is 10.3. The number of Topliss-reactive ketones (excluding diaryl/α,β-unsaturated/α-hetero) is 1. The van der Waals surface area contributed by atoms with Crippen molar-refractivity contribution in [2.24, 2.45) is 0 Å². The summed E-state index contributed by atoms with van der Waals surface area (Å²) in [5.74, 6) is 1.86. The summed E-state index contributed by atoms with van der Waals surface area (Å²) >= 11 is 5.05. The molecule has 0 aliphatic rings. The van der Waals surface area contributed by atoms with Crippen LogP contribution in [-0.4, -0.2) is 17.3 Å². The summed E-state index contributed by atoms with van der Waals surface area (Å²) in [6.45, 7) is 2.17. The van der Waals surface area contributed by atoms with Crippen LogP contribution in [0.1, 0.15) is 23.0 Å². The lowest BCUT2D eigenvalue weighted by Gasteiger charge is -1.99. The second kappa shape index (κ2) is 7.78. The molecule has 2 aromatic rings. The molecule has 0 saturated carbocycles. The molecule has 100 valence electrons. The molecule has 0 fully saturated rings. The Kier molecular flexibility index (Phi) is 6.01. The summed E-state index contributed by atoms with van der Waals surface area (Å²) in [5.41, 5.74) is 0. The average Bonchev–Trinajstić information content (AvgIpc) is 2.92. The van der Waals surface area contributed by atoms with Gasteiger partial charge in [-0.3, -0.25) is 4.79 Å². The highest BCUT2D eigenvalue weighted by Crippen LogP contribution is 2.29. The summed E-state index contributed by atoms with van der Waals surface area (Å²) in [5, 5.41) is 0. The molecule has 1 nitrogen and oxygen atoms in total.